The average Bonchev–Trinajstić information content (AvgIpc) is 3.07. The predicted octanol–water partition coefficient (Wildman–Crippen LogP) is 4.14. The maximum Gasteiger partial charge on any atom is 0.323 e. The Hall–Kier alpha value is -1.91. The summed E-state index contributed by atoms with van der Waals surface area (Å²) in [5.74, 6) is -1.14. The SMILES string of the molecule is CC(C)(C)OC(=O)C1C[C@@H]([C@H](Cc2cc(C#N)ccc2Br)C(=O)OC(C)(C)C)CN1. The molecule has 6 nitrogen and oxygen atoms in total. The van der Waals surface area contributed by atoms with Crippen LogP contribution < -0.4 is 5.32 Å². The summed E-state index contributed by atoms with van der Waals surface area (Å²) in [5, 5.41) is 12.4. The monoisotopic (exact) mass is 478 g/mol. The van der Waals surface area contributed by atoms with Gasteiger partial charge in [-0.3, -0.25) is 9.59 Å². The van der Waals surface area contributed by atoms with Gasteiger partial charge in [0, 0.05) is 4.47 Å². The molecule has 1 N–H and O–H groups in total. The zero-order valence-corrected chi connectivity index (χ0v) is 20.1. The molecule has 3 atom stereocenters. The van der Waals surface area contributed by atoms with Crippen LogP contribution in [0.5, 0.6) is 0 Å². The maximum absolute atomic E-state index is 13.1. The fraction of sp³-hybridized carbons (Fsp3) is 0.609. The zero-order valence-electron chi connectivity index (χ0n) is 18.5. The number of esters is 2. The Morgan fingerprint density at radius 3 is 2.40 bits per heavy atom. The molecule has 2 rings (SSSR count). The van der Waals surface area contributed by atoms with Gasteiger partial charge in [0.2, 0.25) is 0 Å². The van der Waals surface area contributed by atoms with Gasteiger partial charge in [0.25, 0.3) is 0 Å². The van der Waals surface area contributed by atoms with Gasteiger partial charge in [-0.1, -0.05) is 15.9 Å². The summed E-state index contributed by atoms with van der Waals surface area (Å²) >= 11 is 3.52. The van der Waals surface area contributed by atoms with Gasteiger partial charge in [0.15, 0.2) is 0 Å². The molecule has 1 unspecified atom stereocenters. The lowest BCUT2D eigenvalue weighted by molar-refractivity contribution is -0.162. The smallest absolute Gasteiger partial charge is 0.323 e. The molecule has 1 saturated heterocycles. The molecule has 0 aliphatic carbocycles. The van der Waals surface area contributed by atoms with Gasteiger partial charge in [0.05, 0.1) is 17.6 Å². The highest BCUT2D eigenvalue weighted by Gasteiger charge is 2.40. The van der Waals surface area contributed by atoms with Crippen molar-refractivity contribution in [3.8, 4) is 6.07 Å². The first-order chi connectivity index (χ1) is 13.8. The van der Waals surface area contributed by atoms with E-state index in [1.165, 1.54) is 0 Å². The third kappa shape index (κ3) is 7.10. The molecule has 1 aliphatic heterocycles. The highest BCUT2D eigenvalue weighted by atomic mass is 79.9. The van der Waals surface area contributed by atoms with Gasteiger partial charge in [0.1, 0.15) is 17.2 Å². The standard InChI is InChI=1S/C23H31BrN2O4/c1-22(2,3)29-20(27)17(10-15-9-14(12-25)7-8-18(15)24)16-11-19(26-13-16)21(28)30-23(4,5)6/h7-9,16-17,19,26H,10-11,13H2,1-6H3/t16-,17+,19?/m1/s1. The van der Waals surface area contributed by atoms with Crippen molar-refractivity contribution in [2.75, 3.05) is 6.54 Å². The molecule has 0 aromatic heterocycles. The van der Waals surface area contributed by atoms with Crippen molar-refractivity contribution in [1.29, 1.82) is 5.26 Å². The summed E-state index contributed by atoms with van der Waals surface area (Å²) in [6.07, 6.45) is 0.910. The van der Waals surface area contributed by atoms with Crippen molar-refractivity contribution in [3.05, 3.63) is 33.8 Å². The molecule has 1 heterocycles. The molecule has 1 aliphatic rings. The van der Waals surface area contributed by atoms with Crippen LogP contribution in [0.2, 0.25) is 0 Å². The molecule has 0 saturated carbocycles. The Balaban J connectivity index is 2.24. The molecule has 1 aromatic carbocycles. The predicted molar refractivity (Wildman–Crippen MR) is 118 cm³/mol. The number of carbonyl (C=O) groups excluding carboxylic acids is 2. The molecule has 1 fully saturated rings. The second kappa shape index (κ2) is 9.49. The van der Waals surface area contributed by atoms with Crippen LogP contribution in [0.25, 0.3) is 0 Å². The van der Waals surface area contributed by atoms with Crippen LogP contribution in [0.4, 0.5) is 0 Å². The molecule has 0 spiro atoms. The number of nitriles is 1. The first-order valence-electron chi connectivity index (χ1n) is 10.2. The van der Waals surface area contributed by atoms with Gasteiger partial charge in [-0.15, -0.1) is 0 Å². The molecule has 7 heteroatoms. The third-order valence-corrected chi connectivity index (χ3v) is 5.52. The highest BCUT2D eigenvalue weighted by molar-refractivity contribution is 9.10. The van der Waals surface area contributed by atoms with E-state index in [0.29, 0.717) is 24.9 Å². The topological polar surface area (TPSA) is 88.4 Å². The summed E-state index contributed by atoms with van der Waals surface area (Å²) in [6, 6.07) is 7.02. The summed E-state index contributed by atoms with van der Waals surface area (Å²) in [7, 11) is 0. The second-order valence-corrected chi connectivity index (χ2v) is 10.6. The van der Waals surface area contributed by atoms with Crippen molar-refractivity contribution >= 4 is 27.9 Å². The minimum Gasteiger partial charge on any atom is -0.460 e. The zero-order chi connectivity index (χ0) is 22.7. The number of nitrogens with zero attached hydrogens (tertiary/aromatic N) is 1. The van der Waals surface area contributed by atoms with E-state index in [1.54, 1.807) is 12.1 Å². The quantitative estimate of drug-likeness (QED) is 0.639. The summed E-state index contributed by atoms with van der Waals surface area (Å²) < 4.78 is 12.0. The average molecular weight is 479 g/mol. The highest BCUT2D eigenvalue weighted by Crippen LogP contribution is 2.32. The first kappa shape index (κ1) is 24.4. The number of ether oxygens (including phenoxy) is 2. The number of nitrogens with one attached hydrogen (secondary N) is 1. The fourth-order valence-electron chi connectivity index (χ4n) is 3.48. The van der Waals surface area contributed by atoms with Gasteiger partial charge >= 0.3 is 11.9 Å². The van der Waals surface area contributed by atoms with Crippen LogP contribution in [0.1, 0.15) is 59.1 Å². The van der Waals surface area contributed by atoms with E-state index < -0.39 is 23.2 Å². The van der Waals surface area contributed by atoms with Crippen LogP contribution >= 0.6 is 15.9 Å². The Morgan fingerprint density at radius 2 is 1.83 bits per heavy atom. The summed E-state index contributed by atoms with van der Waals surface area (Å²) in [4.78, 5) is 25.6. The normalized spacial score (nSPS) is 20.3. The number of halogens is 1. The summed E-state index contributed by atoms with van der Waals surface area (Å²) in [6.45, 7) is 11.5. The molecular formula is C23H31BrN2O4. The molecule has 164 valence electrons. The fourth-order valence-corrected chi connectivity index (χ4v) is 3.89. The minimum atomic E-state index is -0.613. The number of carbonyl (C=O) groups is 2. The van der Waals surface area contributed by atoms with E-state index in [-0.39, 0.29) is 17.9 Å². The number of rotatable bonds is 5. The third-order valence-electron chi connectivity index (χ3n) is 4.75. The van der Waals surface area contributed by atoms with Gasteiger partial charge in [-0.25, -0.2) is 0 Å². The van der Waals surface area contributed by atoms with Gasteiger partial charge in [-0.05, 0) is 90.6 Å². The van der Waals surface area contributed by atoms with Crippen molar-refractivity contribution in [2.45, 2.75) is 71.6 Å². The number of hydrogen-bond donors (Lipinski definition) is 1. The molecule has 0 radical (unpaired) electrons. The van der Waals surface area contributed by atoms with E-state index in [1.807, 2.05) is 47.6 Å². The lowest BCUT2D eigenvalue weighted by atomic mass is 9.84. The molecule has 0 amide bonds. The van der Waals surface area contributed by atoms with Crippen LogP contribution in [0.15, 0.2) is 22.7 Å². The Morgan fingerprint density at radius 1 is 1.20 bits per heavy atom. The van der Waals surface area contributed by atoms with E-state index in [0.717, 1.165) is 10.0 Å². The van der Waals surface area contributed by atoms with Crippen molar-refractivity contribution in [3.63, 3.8) is 0 Å². The Bertz CT molecular complexity index is 833. The molecule has 1 aromatic rings. The maximum atomic E-state index is 13.1. The van der Waals surface area contributed by atoms with Gasteiger partial charge in [-0.2, -0.15) is 5.26 Å². The molecule has 0 bridgehead atoms. The van der Waals surface area contributed by atoms with Gasteiger partial charge < -0.3 is 14.8 Å². The van der Waals surface area contributed by atoms with E-state index in [4.69, 9.17) is 9.47 Å². The van der Waals surface area contributed by atoms with Crippen molar-refractivity contribution < 1.29 is 19.1 Å². The lowest BCUT2D eigenvalue weighted by Crippen LogP contribution is -2.37. The number of benzene rings is 1. The summed E-state index contributed by atoms with van der Waals surface area (Å²) in [5.41, 5.74) is 0.222. The van der Waals surface area contributed by atoms with E-state index >= 15 is 0 Å². The lowest BCUT2D eigenvalue weighted by Gasteiger charge is -2.27. The molecular weight excluding hydrogens is 448 g/mol. The van der Waals surface area contributed by atoms with Crippen LogP contribution in [0, 0.1) is 23.2 Å². The minimum absolute atomic E-state index is 0.0880. The van der Waals surface area contributed by atoms with Crippen molar-refractivity contribution in [2.24, 2.45) is 11.8 Å². The van der Waals surface area contributed by atoms with Crippen LogP contribution in [-0.2, 0) is 25.5 Å². The first-order valence-corrected chi connectivity index (χ1v) is 11.0. The van der Waals surface area contributed by atoms with Crippen LogP contribution in [-0.4, -0.2) is 35.7 Å². The van der Waals surface area contributed by atoms with Crippen LogP contribution in [0.3, 0.4) is 0 Å². The molecule has 30 heavy (non-hydrogen) atoms. The second-order valence-electron chi connectivity index (χ2n) is 9.75. The number of hydrogen-bond acceptors (Lipinski definition) is 6. The Kier molecular flexibility index (Phi) is 7.70. The Labute approximate surface area is 187 Å². The van der Waals surface area contributed by atoms with E-state index in [9.17, 15) is 14.9 Å². The largest absolute Gasteiger partial charge is 0.460 e. The van der Waals surface area contributed by atoms with Crippen molar-refractivity contribution in [1.82, 2.24) is 5.32 Å². The van der Waals surface area contributed by atoms with E-state index in [2.05, 4.69) is 27.3 Å².